The third kappa shape index (κ3) is 2.48. The van der Waals surface area contributed by atoms with E-state index in [9.17, 15) is 9.90 Å². The fourth-order valence-corrected chi connectivity index (χ4v) is 4.02. The quantitative estimate of drug-likeness (QED) is 0.545. The molecule has 3 heterocycles. The summed E-state index contributed by atoms with van der Waals surface area (Å²) in [4.78, 5) is 15.6. The van der Waals surface area contributed by atoms with Gasteiger partial charge in [0.2, 0.25) is 0 Å². The number of benzene rings is 1. The molecule has 1 aromatic carbocycles. The van der Waals surface area contributed by atoms with E-state index in [-0.39, 0.29) is 11.3 Å². The standard InChI is InChI=1S/C16H7ClN6O2S/c17-14-11(9-6-19-22-23-21-9)12-13(24)10(15(25)20-16(12)26-14)8-3-1-2-7(4-8)5-18/h1-4,6H,(H2,20,24,25). The number of thiophene rings is 1. The normalized spacial score (nSPS) is 10.8. The van der Waals surface area contributed by atoms with Crippen molar-refractivity contribution in [3.05, 3.63) is 50.7 Å². The van der Waals surface area contributed by atoms with Crippen LogP contribution in [0.5, 0.6) is 5.75 Å². The number of hydrogen-bond donors (Lipinski definition) is 2. The number of halogens is 1. The van der Waals surface area contributed by atoms with Crippen molar-refractivity contribution in [2.75, 3.05) is 0 Å². The highest BCUT2D eigenvalue weighted by molar-refractivity contribution is 7.23. The van der Waals surface area contributed by atoms with Crippen LogP contribution < -0.4 is 5.56 Å². The number of nitrogens with one attached hydrogen (secondary N) is 1. The molecule has 0 bridgehead atoms. The van der Waals surface area contributed by atoms with Crippen molar-refractivity contribution in [2.24, 2.45) is 0 Å². The van der Waals surface area contributed by atoms with Gasteiger partial charge < -0.3 is 10.1 Å². The maximum atomic E-state index is 12.5. The first-order valence-electron chi connectivity index (χ1n) is 7.19. The number of nitrogens with zero attached hydrogens (tertiary/aromatic N) is 5. The van der Waals surface area contributed by atoms with E-state index in [1.165, 1.54) is 12.3 Å². The lowest BCUT2D eigenvalue weighted by atomic mass is 10.0. The average Bonchev–Trinajstić information content (AvgIpc) is 2.98. The summed E-state index contributed by atoms with van der Waals surface area (Å²) in [5, 5.41) is 34.7. The fraction of sp³-hybridized carbons (Fsp3) is 0. The van der Waals surface area contributed by atoms with Crippen LogP contribution in [-0.4, -0.2) is 30.7 Å². The fourth-order valence-electron chi connectivity index (χ4n) is 2.67. The molecular weight excluding hydrogens is 376 g/mol. The van der Waals surface area contributed by atoms with E-state index in [2.05, 4.69) is 25.6 Å². The van der Waals surface area contributed by atoms with Crippen molar-refractivity contribution in [2.45, 2.75) is 0 Å². The lowest BCUT2D eigenvalue weighted by Gasteiger charge is -2.07. The number of aromatic hydroxyl groups is 1. The second-order valence-electron chi connectivity index (χ2n) is 5.23. The Morgan fingerprint density at radius 3 is 2.85 bits per heavy atom. The molecule has 0 fully saturated rings. The van der Waals surface area contributed by atoms with Crippen molar-refractivity contribution in [1.29, 1.82) is 5.26 Å². The summed E-state index contributed by atoms with van der Waals surface area (Å²) < 4.78 is 0.316. The topological polar surface area (TPSA) is 128 Å². The van der Waals surface area contributed by atoms with Crippen LogP contribution >= 0.6 is 22.9 Å². The molecule has 4 aromatic rings. The second-order valence-corrected chi connectivity index (χ2v) is 6.86. The van der Waals surface area contributed by atoms with Crippen LogP contribution in [0, 0.1) is 11.3 Å². The van der Waals surface area contributed by atoms with Crippen molar-refractivity contribution < 1.29 is 5.11 Å². The molecule has 4 rings (SSSR count). The summed E-state index contributed by atoms with van der Waals surface area (Å²) >= 11 is 7.39. The van der Waals surface area contributed by atoms with Crippen LogP contribution in [0.25, 0.3) is 32.6 Å². The Hall–Kier alpha value is -3.35. The van der Waals surface area contributed by atoms with Gasteiger partial charge in [0.1, 0.15) is 20.6 Å². The predicted molar refractivity (Wildman–Crippen MR) is 95.9 cm³/mol. The average molecular weight is 383 g/mol. The zero-order chi connectivity index (χ0) is 18.3. The summed E-state index contributed by atoms with van der Waals surface area (Å²) in [7, 11) is 0. The molecule has 126 valence electrons. The van der Waals surface area contributed by atoms with Gasteiger partial charge in [0, 0.05) is 5.56 Å². The Morgan fingerprint density at radius 2 is 2.12 bits per heavy atom. The van der Waals surface area contributed by atoms with Crippen molar-refractivity contribution in [3.8, 4) is 34.2 Å². The molecule has 0 saturated heterocycles. The molecule has 0 radical (unpaired) electrons. The van der Waals surface area contributed by atoms with E-state index in [1.54, 1.807) is 18.2 Å². The molecule has 0 spiro atoms. The van der Waals surface area contributed by atoms with Crippen LogP contribution in [-0.2, 0) is 0 Å². The molecule has 3 aromatic heterocycles. The zero-order valence-electron chi connectivity index (χ0n) is 12.8. The number of fused-ring (bicyclic) bond motifs is 1. The minimum atomic E-state index is -0.492. The first-order valence-corrected chi connectivity index (χ1v) is 8.38. The Bertz CT molecular complexity index is 1250. The first-order chi connectivity index (χ1) is 12.6. The molecule has 2 N–H and O–H groups in total. The predicted octanol–water partition coefficient (Wildman–Crippen LogP) is 2.73. The van der Waals surface area contributed by atoms with E-state index in [0.29, 0.717) is 36.9 Å². The molecule has 10 heteroatoms. The van der Waals surface area contributed by atoms with E-state index >= 15 is 0 Å². The van der Waals surface area contributed by atoms with E-state index < -0.39 is 5.56 Å². The molecule has 0 aliphatic heterocycles. The van der Waals surface area contributed by atoms with Crippen LogP contribution in [0.15, 0.2) is 35.3 Å². The minimum absolute atomic E-state index is 0.0419. The highest BCUT2D eigenvalue weighted by Gasteiger charge is 2.23. The highest BCUT2D eigenvalue weighted by Crippen LogP contribution is 2.45. The Kier molecular flexibility index (Phi) is 3.84. The number of aromatic nitrogens is 5. The van der Waals surface area contributed by atoms with Gasteiger partial charge in [0.05, 0.1) is 28.8 Å². The summed E-state index contributed by atoms with van der Waals surface area (Å²) in [5.41, 5.74) is 1.05. The van der Waals surface area contributed by atoms with Crippen LogP contribution in [0.3, 0.4) is 0 Å². The van der Waals surface area contributed by atoms with Gasteiger partial charge in [0.15, 0.2) is 0 Å². The lowest BCUT2D eigenvalue weighted by molar-refractivity contribution is 0.483. The summed E-state index contributed by atoms with van der Waals surface area (Å²) in [6.07, 6.45) is 1.36. The molecule has 0 saturated carbocycles. The van der Waals surface area contributed by atoms with Gasteiger partial charge in [-0.15, -0.1) is 21.5 Å². The van der Waals surface area contributed by atoms with Gasteiger partial charge in [0.25, 0.3) is 5.56 Å². The maximum Gasteiger partial charge on any atom is 0.260 e. The van der Waals surface area contributed by atoms with Gasteiger partial charge in [-0.05, 0) is 28.1 Å². The minimum Gasteiger partial charge on any atom is -0.506 e. The van der Waals surface area contributed by atoms with Crippen molar-refractivity contribution in [1.82, 2.24) is 25.6 Å². The second kappa shape index (κ2) is 6.18. The largest absolute Gasteiger partial charge is 0.506 e. The highest BCUT2D eigenvalue weighted by atomic mass is 35.5. The Morgan fingerprint density at radius 1 is 1.27 bits per heavy atom. The Labute approximate surface area is 154 Å². The third-order valence-electron chi connectivity index (χ3n) is 3.75. The number of pyridine rings is 1. The van der Waals surface area contributed by atoms with Crippen LogP contribution in [0.1, 0.15) is 5.56 Å². The molecule has 0 atom stereocenters. The van der Waals surface area contributed by atoms with Gasteiger partial charge in [-0.25, -0.2) is 0 Å². The molecule has 0 aliphatic carbocycles. The molecule has 0 amide bonds. The number of aromatic amines is 1. The zero-order valence-corrected chi connectivity index (χ0v) is 14.3. The molecule has 0 unspecified atom stereocenters. The molecule has 26 heavy (non-hydrogen) atoms. The molecule has 0 aliphatic rings. The van der Waals surface area contributed by atoms with Gasteiger partial charge in [-0.2, -0.15) is 5.26 Å². The number of rotatable bonds is 2. The van der Waals surface area contributed by atoms with Crippen molar-refractivity contribution >= 4 is 33.2 Å². The van der Waals surface area contributed by atoms with Crippen LogP contribution in [0.4, 0.5) is 0 Å². The van der Waals surface area contributed by atoms with Crippen molar-refractivity contribution in [3.63, 3.8) is 0 Å². The monoisotopic (exact) mass is 382 g/mol. The van der Waals surface area contributed by atoms with Crippen LogP contribution in [0.2, 0.25) is 4.34 Å². The Balaban J connectivity index is 2.08. The van der Waals surface area contributed by atoms with Gasteiger partial charge in [-0.1, -0.05) is 23.7 Å². The third-order valence-corrected chi connectivity index (χ3v) is 5.07. The SMILES string of the molecule is N#Cc1cccc(-c2c(O)c3c(-c4cnnnn4)c(Cl)sc3[nH]c2=O)c1. The van der Waals surface area contributed by atoms with E-state index in [4.69, 9.17) is 16.9 Å². The molecule has 8 nitrogen and oxygen atoms in total. The number of nitriles is 1. The van der Waals surface area contributed by atoms with E-state index in [0.717, 1.165) is 11.3 Å². The maximum absolute atomic E-state index is 12.5. The number of hydrogen-bond acceptors (Lipinski definition) is 8. The van der Waals surface area contributed by atoms with Gasteiger partial charge in [-0.3, -0.25) is 4.79 Å². The van der Waals surface area contributed by atoms with E-state index in [1.807, 2.05) is 6.07 Å². The summed E-state index contributed by atoms with van der Waals surface area (Å²) in [5.74, 6) is -0.254. The smallest absolute Gasteiger partial charge is 0.260 e. The summed E-state index contributed by atoms with van der Waals surface area (Å²) in [6, 6.07) is 8.42. The first kappa shape index (κ1) is 16.1. The lowest BCUT2D eigenvalue weighted by Crippen LogP contribution is -2.08. The summed E-state index contributed by atoms with van der Waals surface area (Å²) in [6.45, 7) is 0. The number of H-pyrrole nitrogens is 1. The van der Waals surface area contributed by atoms with Gasteiger partial charge >= 0.3 is 0 Å². The molecular formula is C16H7ClN6O2S.